The maximum Gasteiger partial charge on any atom is 0.433 e. The molecule has 0 radical (unpaired) electrons. The summed E-state index contributed by atoms with van der Waals surface area (Å²) in [7, 11) is 0. The van der Waals surface area contributed by atoms with Crippen molar-refractivity contribution in [2.45, 2.75) is 20.0 Å². The minimum atomic E-state index is -4.56. The van der Waals surface area contributed by atoms with Crippen molar-refractivity contribution in [1.29, 1.82) is 0 Å². The molecule has 1 heterocycles. The van der Waals surface area contributed by atoms with Crippen molar-refractivity contribution >= 4 is 5.97 Å². The van der Waals surface area contributed by atoms with Gasteiger partial charge in [0.1, 0.15) is 5.69 Å². The van der Waals surface area contributed by atoms with E-state index in [0.29, 0.717) is 5.56 Å². The van der Waals surface area contributed by atoms with Crippen LogP contribution in [0, 0.1) is 6.92 Å². The fourth-order valence-corrected chi connectivity index (χ4v) is 1.09. The molecule has 88 valence electrons. The molecule has 0 spiro atoms. The summed E-state index contributed by atoms with van der Waals surface area (Å²) in [6, 6.07) is 2.03. The first kappa shape index (κ1) is 12.5. The van der Waals surface area contributed by atoms with Gasteiger partial charge in [0, 0.05) is 0 Å². The third-order valence-corrected chi connectivity index (χ3v) is 1.86. The van der Waals surface area contributed by atoms with E-state index >= 15 is 0 Å². The lowest BCUT2D eigenvalue weighted by molar-refractivity contribution is -0.141. The van der Waals surface area contributed by atoms with Crippen LogP contribution in [0.4, 0.5) is 13.2 Å². The molecule has 0 aromatic carbocycles. The lowest BCUT2D eigenvalue weighted by Gasteiger charge is -2.09. The number of nitrogens with zero attached hydrogens (tertiary/aromatic N) is 1. The molecule has 0 aliphatic rings. The Morgan fingerprint density at radius 3 is 2.56 bits per heavy atom. The van der Waals surface area contributed by atoms with Gasteiger partial charge >= 0.3 is 12.1 Å². The minimum Gasteiger partial charge on any atom is -0.461 e. The van der Waals surface area contributed by atoms with E-state index in [-0.39, 0.29) is 12.3 Å². The molecular weight excluding hydrogens is 223 g/mol. The van der Waals surface area contributed by atoms with Crippen molar-refractivity contribution < 1.29 is 22.7 Å². The number of carbonyl (C=O) groups is 1. The molecule has 1 rings (SSSR count). The van der Waals surface area contributed by atoms with Gasteiger partial charge in [-0.1, -0.05) is 6.07 Å². The van der Waals surface area contributed by atoms with Crippen LogP contribution in [0.1, 0.15) is 28.7 Å². The maximum absolute atomic E-state index is 12.3. The largest absolute Gasteiger partial charge is 0.461 e. The summed E-state index contributed by atoms with van der Waals surface area (Å²) < 4.78 is 41.6. The first-order valence-electron chi connectivity index (χ1n) is 4.58. The second kappa shape index (κ2) is 4.51. The molecule has 0 fully saturated rings. The molecule has 0 aliphatic carbocycles. The Morgan fingerprint density at radius 2 is 2.06 bits per heavy atom. The van der Waals surface area contributed by atoms with Crippen LogP contribution in [0.15, 0.2) is 12.1 Å². The monoisotopic (exact) mass is 233 g/mol. The molecule has 6 heteroatoms. The SMILES string of the molecule is CCOC(=O)c1nc(C(F)(F)F)ccc1C. The highest BCUT2D eigenvalue weighted by atomic mass is 19.4. The average Bonchev–Trinajstić information content (AvgIpc) is 2.16. The third kappa shape index (κ3) is 2.71. The summed E-state index contributed by atoms with van der Waals surface area (Å²) >= 11 is 0. The molecule has 0 atom stereocenters. The van der Waals surface area contributed by atoms with Crippen LogP contribution in [0.2, 0.25) is 0 Å². The van der Waals surface area contributed by atoms with Crippen LogP contribution in [0.3, 0.4) is 0 Å². The smallest absolute Gasteiger partial charge is 0.433 e. The van der Waals surface area contributed by atoms with Gasteiger partial charge in [-0.2, -0.15) is 13.2 Å². The lowest BCUT2D eigenvalue weighted by atomic mass is 10.2. The number of hydrogen-bond acceptors (Lipinski definition) is 3. The van der Waals surface area contributed by atoms with Gasteiger partial charge in [0.15, 0.2) is 5.69 Å². The van der Waals surface area contributed by atoms with Crippen molar-refractivity contribution in [2.24, 2.45) is 0 Å². The molecule has 0 saturated heterocycles. The minimum absolute atomic E-state index is 0.0935. The zero-order chi connectivity index (χ0) is 12.3. The molecule has 0 amide bonds. The van der Waals surface area contributed by atoms with E-state index in [1.54, 1.807) is 6.92 Å². The number of esters is 1. The average molecular weight is 233 g/mol. The highest BCUT2D eigenvalue weighted by Crippen LogP contribution is 2.28. The van der Waals surface area contributed by atoms with E-state index in [1.807, 2.05) is 0 Å². The number of aryl methyl sites for hydroxylation is 1. The molecule has 0 unspecified atom stereocenters. The second-order valence-corrected chi connectivity index (χ2v) is 3.08. The Labute approximate surface area is 90.2 Å². The number of ether oxygens (including phenoxy) is 1. The van der Waals surface area contributed by atoms with Crippen molar-refractivity contribution in [3.05, 3.63) is 29.1 Å². The van der Waals surface area contributed by atoms with Gasteiger partial charge in [-0.25, -0.2) is 9.78 Å². The summed E-state index contributed by atoms with van der Waals surface area (Å²) in [6.45, 7) is 3.16. The Kier molecular flexibility index (Phi) is 3.51. The summed E-state index contributed by atoms with van der Waals surface area (Å²) in [5.74, 6) is -0.842. The van der Waals surface area contributed by atoms with E-state index < -0.39 is 17.8 Å². The van der Waals surface area contributed by atoms with Crippen molar-refractivity contribution in [1.82, 2.24) is 4.98 Å². The molecule has 3 nitrogen and oxygen atoms in total. The molecule has 1 aromatic heterocycles. The molecule has 0 saturated carbocycles. The van der Waals surface area contributed by atoms with Gasteiger partial charge in [0.25, 0.3) is 0 Å². The van der Waals surface area contributed by atoms with E-state index in [1.165, 1.54) is 13.0 Å². The summed E-state index contributed by atoms with van der Waals surface area (Å²) in [6.07, 6.45) is -4.56. The molecule has 0 N–H and O–H groups in total. The highest BCUT2D eigenvalue weighted by Gasteiger charge is 2.33. The number of carbonyl (C=O) groups excluding carboxylic acids is 1. The second-order valence-electron chi connectivity index (χ2n) is 3.08. The van der Waals surface area contributed by atoms with Gasteiger partial charge in [0.05, 0.1) is 6.61 Å². The van der Waals surface area contributed by atoms with E-state index in [9.17, 15) is 18.0 Å². The highest BCUT2D eigenvalue weighted by molar-refractivity contribution is 5.88. The maximum atomic E-state index is 12.3. The Balaban J connectivity index is 3.14. The lowest BCUT2D eigenvalue weighted by Crippen LogP contribution is -2.15. The topological polar surface area (TPSA) is 39.2 Å². The third-order valence-electron chi connectivity index (χ3n) is 1.86. The molecule has 16 heavy (non-hydrogen) atoms. The van der Waals surface area contributed by atoms with E-state index in [4.69, 9.17) is 0 Å². The molecule has 0 bridgehead atoms. The number of hydrogen-bond donors (Lipinski definition) is 0. The van der Waals surface area contributed by atoms with E-state index in [0.717, 1.165) is 6.07 Å². The molecule has 1 aromatic rings. The number of aromatic nitrogens is 1. The summed E-state index contributed by atoms with van der Waals surface area (Å²) in [4.78, 5) is 14.6. The van der Waals surface area contributed by atoms with Crippen LogP contribution in [0.25, 0.3) is 0 Å². The van der Waals surface area contributed by atoms with Gasteiger partial charge < -0.3 is 4.74 Å². The standard InChI is InChI=1S/C10H10F3NO2/c1-3-16-9(15)8-6(2)4-5-7(14-8)10(11,12)13/h4-5H,3H2,1-2H3. The number of halogens is 3. The predicted molar refractivity (Wildman–Crippen MR) is 49.9 cm³/mol. The van der Waals surface area contributed by atoms with Crippen LogP contribution in [0.5, 0.6) is 0 Å². The molecule has 0 aliphatic heterocycles. The first-order valence-corrected chi connectivity index (χ1v) is 4.58. The Hall–Kier alpha value is -1.59. The van der Waals surface area contributed by atoms with Crippen LogP contribution >= 0.6 is 0 Å². The number of alkyl halides is 3. The molecular formula is C10H10F3NO2. The van der Waals surface area contributed by atoms with Crippen molar-refractivity contribution in [3.63, 3.8) is 0 Å². The van der Waals surface area contributed by atoms with Gasteiger partial charge in [0.2, 0.25) is 0 Å². The summed E-state index contributed by atoms with van der Waals surface area (Å²) in [5.41, 5.74) is -1.04. The zero-order valence-corrected chi connectivity index (χ0v) is 8.76. The summed E-state index contributed by atoms with van der Waals surface area (Å²) in [5, 5.41) is 0. The Bertz CT molecular complexity index is 402. The quantitative estimate of drug-likeness (QED) is 0.737. The van der Waals surface area contributed by atoms with Crippen LogP contribution < -0.4 is 0 Å². The predicted octanol–water partition coefficient (Wildman–Crippen LogP) is 2.59. The van der Waals surface area contributed by atoms with Gasteiger partial charge in [-0.05, 0) is 25.5 Å². The zero-order valence-electron chi connectivity index (χ0n) is 8.76. The Morgan fingerprint density at radius 1 is 1.44 bits per heavy atom. The van der Waals surface area contributed by atoms with Gasteiger partial charge in [-0.15, -0.1) is 0 Å². The first-order chi connectivity index (χ1) is 7.36. The number of pyridine rings is 1. The van der Waals surface area contributed by atoms with Crippen molar-refractivity contribution in [2.75, 3.05) is 6.61 Å². The fourth-order valence-electron chi connectivity index (χ4n) is 1.09. The normalized spacial score (nSPS) is 11.3. The van der Waals surface area contributed by atoms with Gasteiger partial charge in [-0.3, -0.25) is 0 Å². The fraction of sp³-hybridized carbons (Fsp3) is 0.400. The van der Waals surface area contributed by atoms with Crippen LogP contribution in [-0.4, -0.2) is 17.6 Å². The van der Waals surface area contributed by atoms with Crippen molar-refractivity contribution in [3.8, 4) is 0 Å². The van der Waals surface area contributed by atoms with Crippen LogP contribution in [-0.2, 0) is 10.9 Å². The van der Waals surface area contributed by atoms with E-state index in [2.05, 4.69) is 9.72 Å². The number of rotatable bonds is 2.